The van der Waals surface area contributed by atoms with Gasteiger partial charge in [-0.3, -0.25) is 4.98 Å². The number of rotatable bonds is 6. The summed E-state index contributed by atoms with van der Waals surface area (Å²) in [4.78, 5) is 13.2. The monoisotopic (exact) mass is 256 g/mol. The van der Waals surface area contributed by atoms with Gasteiger partial charge in [0.2, 0.25) is 0 Å². The normalized spacial score (nSPS) is 10.4. The lowest BCUT2D eigenvalue weighted by molar-refractivity contribution is 0.834. The number of anilines is 1. The van der Waals surface area contributed by atoms with Crippen LogP contribution in [0.1, 0.15) is 32.5 Å². The van der Waals surface area contributed by atoms with E-state index in [-0.39, 0.29) is 0 Å². The molecule has 2 rings (SSSR count). The molecule has 2 aromatic rings. The Bertz CT molecular complexity index is 511. The van der Waals surface area contributed by atoms with Crippen molar-refractivity contribution in [3.8, 4) is 11.3 Å². The van der Waals surface area contributed by atoms with Crippen LogP contribution < -0.4 is 5.32 Å². The van der Waals surface area contributed by atoms with Gasteiger partial charge in [0.1, 0.15) is 11.6 Å². The first kappa shape index (κ1) is 13.5. The van der Waals surface area contributed by atoms with Crippen molar-refractivity contribution in [2.45, 2.75) is 33.1 Å². The second kappa shape index (κ2) is 6.83. The summed E-state index contributed by atoms with van der Waals surface area (Å²) >= 11 is 0. The molecule has 0 unspecified atom stereocenters. The molecule has 0 aliphatic carbocycles. The lowest BCUT2D eigenvalue weighted by Crippen LogP contribution is -2.06. The number of pyridine rings is 1. The van der Waals surface area contributed by atoms with Gasteiger partial charge in [-0.2, -0.15) is 0 Å². The van der Waals surface area contributed by atoms with E-state index in [0.29, 0.717) is 0 Å². The number of hydrogen-bond acceptors (Lipinski definition) is 4. The summed E-state index contributed by atoms with van der Waals surface area (Å²) in [5.41, 5.74) is 2.04. The second-order valence-corrected chi connectivity index (χ2v) is 4.47. The van der Waals surface area contributed by atoms with Crippen LogP contribution in [0.2, 0.25) is 0 Å². The van der Waals surface area contributed by atoms with Gasteiger partial charge in [-0.15, -0.1) is 0 Å². The summed E-state index contributed by atoms with van der Waals surface area (Å²) in [7, 11) is 0. The molecule has 0 aromatic carbocycles. The summed E-state index contributed by atoms with van der Waals surface area (Å²) in [5, 5.41) is 3.34. The number of aromatic nitrogens is 3. The van der Waals surface area contributed by atoms with Gasteiger partial charge < -0.3 is 5.32 Å². The largest absolute Gasteiger partial charge is 0.370 e. The first-order valence-corrected chi connectivity index (χ1v) is 6.85. The molecule has 0 saturated carbocycles. The van der Waals surface area contributed by atoms with Crippen molar-refractivity contribution in [2.75, 3.05) is 11.9 Å². The molecular weight excluding hydrogens is 236 g/mol. The van der Waals surface area contributed by atoms with E-state index in [0.717, 1.165) is 48.7 Å². The summed E-state index contributed by atoms with van der Waals surface area (Å²) in [5.74, 6) is 1.81. The quantitative estimate of drug-likeness (QED) is 0.861. The Kier molecular flexibility index (Phi) is 4.84. The zero-order valence-corrected chi connectivity index (χ0v) is 11.6. The average Bonchev–Trinajstić information content (AvgIpc) is 2.46. The van der Waals surface area contributed by atoms with Crippen LogP contribution in [0.3, 0.4) is 0 Å². The Morgan fingerprint density at radius 1 is 1.05 bits per heavy atom. The van der Waals surface area contributed by atoms with Crippen LogP contribution >= 0.6 is 0 Å². The van der Waals surface area contributed by atoms with Gasteiger partial charge in [0.05, 0.1) is 5.69 Å². The molecule has 1 N–H and O–H groups in total. The van der Waals surface area contributed by atoms with Crippen LogP contribution in [0.15, 0.2) is 30.6 Å². The molecule has 0 amide bonds. The average molecular weight is 256 g/mol. The summed E-state index contributed by atoms with van der Waals surface area (Å²) < 4.78 is 0. The standard InChI is InChI=1S/C15H20N4/c1-3-5-14-18-13(12-6-9-16-10-7-12)11-15(19-14)17-8-4-2/h6-7,9-11H,3-5,8H2,1-2H3,(H,17,18,19). The Balaban J connectivity index is 2.33. The highest BCUT2D eigenvalue weighted by Gasteiger charge is 2.06. The first-order chi connectivity index (χ1) is 9.33. The van der Waals surface area contributed by atoms with Gasteiger partial charge in [0, 0.05) is 37.0 Å². The number of nitrogens with zero attached hydrogens (tertiary/aromatic N) is 3. The molecule has 2 heterocycles. The van der Waals surface area contributed by atoms with Gasteiger partial charge >= 0.3 is 0 Å². The molecule has 100 valence electrons. The van der Waals surface area contributed by atoms with Gasteiger partial charge in [0.25, 0.3) is 0 Å². The molecule has 0 bridgehead atoms. The fourth-order valence-corrected chi connectivity index (χ4v) is 1.85. The smallest absolute Gasteiger partial charge is 0.131 e. The van der Waals surface area contributed by atoms with Crippen molar-refractivity contribution in [3.63, 3.8) is 0 Å². The highest BCUT2D eigenvalue weighted by molar-refractivity contribution is 5.61. The Morgan fingerprint density at radius 3 is 2.53 bits per heavy atom. The second-order valence-electron chi connectivity index (χ2n) is 4.47. The number of aryl methyl sites for hydroxylation is 1. The molecule has 2 aromatic heterocycles. The number of nitrogens with one attached hydrogen (secondary N) is 1. The van der Waals surface area contributed by atoms with Crippen LogP contribution in [0.5, 0.6) is 0 Å². The van der Waals surface area contributed by atoms with E-state index in [4.69, 9.17) is 0 Å². The Morgan fingerprint density at radius 2 is 1.84 bits per heavy atom. The van der Waals surface area contributed by atoms with Crippen LogP contribution in [0.25, 0.3) is 11.3 Å². The van der Waals surface area contributed by atoms with Gasteiger partial charge in [-0.25, -0.2) is 9.97 Å². The summed E-state index contributed by atoms with van der Waals surface area (Å²) in [6.07, 6.45) is 6.61. The fourth-order valence-electron chi connectivity index (χ4n) is 1.85. The predicted octanol–water partition coefficient (Wildman–Crippen LogP) is 3.31. The number of hydrogen-bond donors (Lipinski definition) is 1. The van der Waals surface area contributed by atoms with Crippen molar-refractivity contribution < 1.29 is 0 Å². The van der Waals surface area contributed by atoms with Crippen LogP contribution in [0.4, 0.5) is 5.82 Å². The van der Waals surface area contributed by atoms with Gasteiger partial charge in [-0.05, 0) is 25.0 Å². The van der Waals surface area contributed by atoms with Gasteiger partial charge in [0.15, 0.2) is 0 Å². The maximum atomic E-state index is 4.62. The van der Waals surface area contributed by atoms with E-state index >= 15 is 0 Å². The predicted molar refractivity (Wildman–Crippen MR) is 78.0 cm³/mol. The summed E-state index contributed by atoms with van der Waals surface area (Å²) in [6.45, 7) is 5.21. The van der Waals surface area contributed by atoms with E-state index in [9.17, 15) is 0 Å². The first-order valence-electron chi connectivity index (χ1n) is 6.85. The molecular formula is C15H20N4. The van der Waals surface area contributed by atoms with Crippen molar-refractivity contribution >= 4 is 5.82 Å². The third-order valence-corrected chi connectivity index (χ3v) is 2.78. The Labute approximate surface area is 114 Å². The minimum absolute atomic E-state index is 0.899. The topological polar surface area (TPSA) is 50.7 Å². The molecule has 0 aliphatic rings. The molecule has 19 heavy (non-hydrogen) atoms. The third kappa shape index (κ3) is 3.74. The van der Waals surface area contributed by atoms with Crippen LogP contribution in [0, 0.1) is 0 Å². The SMILES string of the molecule is CCCNc1cc(-c2ccncc2)nc(CCC)n1. The molecule has 0 radical (unpaired) electrons. The van der Waals surface area contributed by atoms with Crippen LogP contribution in [-0.2, 0) is 6.42 Å². The van der Waals surface area contributed by atoms with E-state index in [1.54, 1.807) is 12.4 Å². The van der Waals surface area contributed by atoms with E-state index in [1.807, 2.05) is 18.2 Å². The molecule has 4 heteroatoms. The fraction of sp³-hybridized carbons (Fsp3) is 0.400. The maximum absolute atomic E-state index is 4.62. The van der Waals surface area contributed by atoms with E-state index < -0.39 is 0 Å². The summed E-state index contributed by atoms with van der Waals surface area (Å²) in [6, 6.07) is 5.95. The van der Waals surface area contributed by atoms with E-state index in [2.05, 4.69) is 34.1 Å². The van der Waals surface area contributed by atoms with Crippen molar-refractivity contribution in [2.24, 2.45) is 0 Å². The zero-order chi connectivity index (χ0) is 13.5. The van der Waals surface area contributed by atoms with E-state index in [1.165, 1.54) is 0 Å². The zero-order valence-electron chi connectivity index (χ0n) is 11.6. The molecule has 0 aliphatic heterocycles. The molecule has 0 atom stereocenters. The van der Waals surface area contributed by atoms with Crippen molar-refractivity contribution in [1.29, 1.82) is 0 Å². The Hall–Kier alpha value is -1.97. The van der Waals surface area contributed by atoms with Crippen molar-refractivity contribution in [3.05, 3.63) is 36.4 Å². The highest BCUT2D eigenvalue weighted by atomic mass is 15.0. The van der Waals surface area contributed by atoms with Crippen molar-refractivity contribution in [1.82, 2.24) is 15.0 Å². The third-order valence-electron chi connectivity index (χ3n) is 2.78. The molecule has 0 spiro atoms. The minimum atomic E-state index is 0.899. The van der Waals surface area contributed by atoms with Gasteiger partial charge in [-0.1, -0.05) is 13.8 Å². The lowest BCUT2D eigenvalue weighted by atomic mass is 10.2. The molecule has 4 nitrogen and oxygen atoms in total. The molecule has 0 saturated heterocycles. The maximum Gasteiger partial charge on any atom is 0.131 e. The lowest BCUT2D eigenvalue weighted by Gasteiger charge is -2.09. The molecule has 0 fully saturated rings. The van der Waals surface area contributed by atoms with Crippen LogP contribution in [-0.4, -0.2) is 21.5 Å². The highest BCUT2D eigenvalue weighted by Crippen LogP contribution is 2.19. The minimum Gasteiger partial charge on any atom is -0.370 e.